The van der Waals surface area contributed by atoms with Gasteiger partial charge >= 0.3 is 0 Å². The second kappa shape index (κ2) is 11.7. The van der Waals surface area contributed by atoms with Crippen molar-refractivity contribution in [2.24, 2.45) is 5.92 Å². The molecule has 0 aliphatic rings. The normalized spacial score (nSPS) is 11.1. The fourth-order valence-electron chi connectivity index (χ4n) is 3.96. The highest BCUT2D eigenvalue weighted by atomic mass is 19.1. The summed E-state index contributed by atoms with van der Waals surface area (Å²) in [6.07, 6.45) is 3.47. The first-order valence-corrected chi connectivity index (χ1v) is 12.2. The van der Waals surface area contributed by atoms with E-state index in [1.807, 2.05) is 13.8 Å². The molecule has 192 valence electrons. The van der Waals surface area contributed by atoms with Crippen molar-refractivity contribution in [2.45, 2.75) is 33.4 Å². The third-order valence-electron chi connectivity index (χ3n) is 6.07. The van der Waals surface area contributed by atoms with Crippen LogP contribution in [0.4, 0.5) is 4.39 Å². The molecule has 7 nitrogen and oxygen atoms in total. The SMILES string of the molecule is CC(C)CCN(CC(=O)N(Cc1ccc(F)cc1)Cc1coc2ccccc2c1=O)C(=O)c1ccco1. The molecule has 2 heterocycles. The van der Waals surface area contributed by atoms with E-state index in [2.05, 4.69) is 0 Å². The number of nitrogens with zero attached hydrogens (tertiary/aromatic N) is 2. The fourth-order valence-corrected chi connectivity index (χ4v) is 3.96. The van der Waals surface area contributed by atoms with E-state index in [0.717, 1.165) is 0 Å². The Morgan fingerprint density at radius 2 is 1.68 bits per heavy atom. The van der Waals surface area contributed by atoms with Crippen LogP contribution in [0.3, 0.4) is 0 Å². The summed E-state index contributed by atoms with van der Waals surface area (Å²) in [4.78, 5) is 42.8. The van der Waals surface area contributed by atoms with Gasteiger partial charge in [-0.3, -0.25) is 14.4 Å². The van der Waals surface area contributed by atoms with E-state index in [1.165, 1.54) is 34.5 Å². The zero-order chi connectivity index (χ0) is 26.4. The molecule has 0 aliphatic carbocycles. The smallest absolute Gasteiger partial charge is 0.290 e. The summed E-state index contributed by atoms with van der Waals surface area (Å²) in [7, 11) is 0. The predicted molar refractivity (Wildman–Crippen MR) is 137 cm³/mol. The van der Waals surface area contributed by atoms with E-state index in [-0.39, 0.29) is 48.5 Å². The number of benzene rings is 2. The first kappa shape index (κ1) is 25.9. The lowest BCUT2D eigenvalue weighted by molar-refractivity contribution is -0.133. The van der Waals surface area contributed by atoms with Crippen LogP contribution in [-0.2, 0) is 17.9 Å². The van der Waals surface area contributed by atoms with Gasteiger partial charge in [-0.25, -0.2) is 4.39 Å². The summed E-state index contributed by atoms with van der Waals surface area (Å²) in [5.41, 5.74) is 1.21. The first-order valence-electron chi connectivity index (χ1n) is 12.2. The molecule has 0 unspecified atom stereocenters. The van der Waals surface area contributed by atoms with Crippen molar-refractivity contribution in [1.29, 1.82) is 0 Å². The maximum Gasteiger partial charge on any atom is 0.290 e. The van der Waals surface area contributed by atoms with E-state index < -0.39 is 0 Å². The molecule has 0 aliphatic heterocycles. The monoisotopic (exact) mass is 504 g/mol. The van der Waals surface area contributed by atoms with Gasteiger partial charge in [0.05, 0.1) is 30.0 Å². The molecular weight excluding hydrogens is 475 g/mol. The summed E-state index contributed by atoms with van der Waals surface area (Å²) in [6, 6.07) is 15.9. The van der Waals surface area contributed by atoms with Gasteiger partial charge < -0.3 is 18.6 Å². The molecule has 0 atom stereocenters. The highest BCUT2D eigenvalue weighted by Gasteiger charge is 2.25. The van der Waals surface area contributed by atoms with Crippen LogP contribution in [-0.4, -0.2) is 34.7 Å². The average molecular weight is 505 g/mol. The topological polar surface area (TPSA) is 84.0 Å². The number of carbonyl (C=O) groups excluding carboxylic acids is 2. The van der Waals surface area contributed by atoms with E-state index in [1.54, 1.807) is 48.5 Å². The highest BCUT2D eigenvalue weighted by Crippen LogP contribution is 2.16. The van der Waals surface area contributed by atoms with Gasteiger partial charge in [0.1, 0.15) is 17.9 Å². The van der Waals surface area contributed by atoms with Gasteiger partial charge in [-0.1, -0.05) is 38.1 Å². The number of rotatable bonds is 10. The molecule has 4 aromatic rings. The maximum atomic E-state index is 13.6. The number of halogens is 1. The average Bonchev–Trinajstić information content (AvgIpc) is 3.43. The van der Waals surface area contributed by atoms with E-state index in [4.69, 9.17) is 8.83 Å². The number of carbonyl (C=O) groups is 2. The van der Waals surface area contributed by atoms with Gasteiger partial charge in [0, 0.05) is 13.1 Å². The maximum absolute atomic E-state index is 13.6. The van der Waals surface area contributed by atoms with Crippen LogP contribution < -0.4 is 5.43 Å². The molecule has 2 aromatic carbocycles. The Labute approximate surface area is 214 Å². The summed E-state index contributed by atoms with van der Waals surface area (Å²) in [5, 5.41) is 0.417. The molecule has 0 radical (unpaired) electrons. The molecule has 2 aromatic heterocycles. The van der Waals surface area contributed by atoms with Gasteiger partial charge in [0.25, 0.3) is 5.91 Å². The van der Waals surface area contributed by atoms with Crippen molar-refractivity contribution in [1.82, 2.24) is 9.80 Å². The molecule has 0 N–H and O–H groups in total. The third kappa shape index (κ3) is 6.52. The molecule has 0 saturated carbocycles. The highest BCUT2D eigenvalue weighted by molar-refractivity contribution is 5.94. The largest absolute Gasteiger partial charge is 0.464 e. The Morgan fingerprint density at radius 3 is 2.38 bits per heavy atom. The lowest BCUT2D eigenvalue weighted by atomic mass is 10.1. The van der Waals surface area contributed by atoms with Gasteiger partial charge in [0.15, 0.2) is 11.2 Å². The Balaban J connectivity index is 1.62. The zero-order valence-corrected chi connectivity index (χ0v) is 20.9. The van der Waals surface area contributed by atoms with Crippen LogP contribution in [0.15, 0.2) is 86.8 Å². The number of fused-ring (bicyclic) bond motifs is 1. The first-order chi connectivity index (χ1) is 17.8. The van der Waals surface area contributed by atoms with Crippen molar-refractivity contribution in [3.8, 4) is 0 Å². The van der Waals surface area contributed by atoms with Gasteiger partial charge in [-0.05, 0) is 54.3 Å². The third-order valence-corrected chi connectivity index (χ3v) is 6.07. The second-order valence-corrected chi connectivity index (χ2v) is 9.35. The lowest BCUT2D eigenvalue weighted by Gasteiger charge is -2.28. The van der Waals surface area contributed by atoms with Crippen molar-refractivity contribution >= 4 is 22.8 Å². The standard InChI is InChI=1S/C29H29FN2O5/c1-20(2)13-14-31(29(35)26-8-5-15-36-26)18-27(33)32(16-21-9-11-23(30)12-10-21)17-22-19-37-25-7-4-3-6-24(25)28(22)34/h3-12,15,19-20H,13-14,16-18H2,1-2H3. The van der Waals surface area contributed by atoms with Crippen LogP contribution in [0.5, 0.6) is 0 Å². The summed E-state index contributed by atoms with van der Waals surface area (Å²) in [6.45, 7) is 4.33. The molecule has 4 rings (SSSR count). The molecule has 0 saturated heterocycles. The van der Waals surface area contributed by atoms with Gasteiger partial charge in [-0.15, -0.1) is 0 Å². The molecule has 0 spiro atoms. The Hall–Kier alpha value is -4.20. The number of hydrogen-bond donors (Lipinski definition) is 0. The second-order valence-electron chi connectivity index (χ2n) is 9.35. The fraction of sp³-hybridized carbons (Fsp3) is 0.276. The Kier molecular flexibility index (Phi) is 8.18. The van der Waals surface area contributed by atoms with Crippen LogP contribution in [0, 0.1) is 11.7 Å². The lowest BCUT2D eigenvalue weighted by Crippen LogP contribution is -2.43. The van der Waals surface area contributed by atoms with E-state index in [0.29, 0.717) is 41.0 Å². The van der Waals surface area contributed by atoms with Crippen molar-refractivity contribution < 1.29 is 22.8 Å². The molecule has 0 bridgehead atoms. The molecule has 2 amide bonds. The summed E-state index contributed by atoms with van der Waals surface area (Å²) in [5.74, 6) is -0.663. The minimum atomic E-state index is -0.388. The quantitative estimate of drug-likeness (QED) is 0.295. The van der Waals surface area contributed by atoms with Crippen LogP contribution in [0.25, 0.3) is 11.0 Å². The zero-order valence-electron chi connectivity index (χ0n) is 20.9. The van der Waals surface area contributed by atoms with Crippen LogP contribution >= 0.6 is 0 Å². The number of amides is 2. The van der Waals surface area contributed by atoms with Crippen LogP contribution in [0.2, 0.25) is 0 Å². The molecular formula is C29H29FN2O5. The minimum absolute atomic E-state index is 0.0314. The van der Waals surface area contributed by atoms with Crippen molar-refractivity contribution in [3.63, 3.8) is 0 Å². The summed E-state index contributed by atoms with van der Waals surface area (Å²) >= 11 is 0. The summed E-state index contributed by atoms with van der Waals surface area (Å²) < 4.78 is 24.4. The van der Waals surface area contributed by atoms with Crippen LogP contribution in [0.1, 0.15) is 41.9 Å². The number of furan rings is 1. The molecule has 8 heteroatoms. The van der Waals surface area contributed by atoms with E-state index >= 15 is 0 Å². The number of hydrogen-bond acceptors (Lipinski definition) is 5. The molecule has 37 heavy (non-hydrogen) atoms. The number of para-hydroxylation sites is 1. The van der Waals surface area contributed by atoms with Crippen molar-refractivity contribution in [3.05, 3.63) is 106 Å². The van der Waals surface area contributed by atoms with E-state index in [9.17, 15) is 18.8 Å². The minimum Gasteiger partial charge on any atom is -0.464 e. The predicted octanol–water partition coefficient (Wildman–Crippen LogP) is 5.24. The molecule has 0 fully saturated rings. The van der Waals surface area contributed by atoms with Gasteiger partial charge in [-0.2, -0.15) is 0 Å². The van der Waals surface area contributed by atoms with Crippen molar-refractivity contribution in [2.75, 3.05) is 13.1 Å². The Morgan fingerprint density at radius 1 is 0.919 bits per heavy atom. The van der Waals surface area contributed by atoms with Gasteiger partial charge in [0.2, 0.25) is 5.91 Å². The Bertz CT molecular complexity index is 1410.